The lowest BCUT2D eigenvalue weighted by Gasteiger charge is -2.27. The first-order valence-electron chi connectivity index (χ1n) is 8.37. The third-order valence-corrected chi connectivity index (χ3v) is 5.09. The Labute approximate surface area is 145 Å². The molecule has 0 spiro atoms. The van der Waals surface area contributed by atoms with Gasteiger partial charge in [-0.1, -0.05) is 13.8 Å². The summed E-state index contributed by atoms with van der Waals surface area (Å²) in [5, 5.41) is 4.81. The van der Waals surface area contributed by atoms with E-state index in [4.69, 9.17) is 0 Å². The molecule has 0 N–H and O–H groups in total. The topological polar surface area (TPSA) is 30.7 Å². The standard InChI is InChI=1S/C19H29N3S/c1-13-11-17(8-10-20-13)19(5,6)9-7-14(2)22-15(3)18(12-21-22)16(4)23/h8,10-12,14,16,23H,7,9H2,1-6H3. The zero-order valence-corrected chi connectivity index (χ0v) is 16.1. The molecule has 2 unspecified atom stereocenters. The molecule has 4 heteroatoms. The van der Waals surface area contributed by atoms with Crippen LogP contribution in [0.4, 0.5) is 0 Å². The van der Waals surface area contributed by atoms with Crippen molar-refractivity contribution < 1.29 is 0 Å². The molecule has 0 saturated heterocycles. The van der Waals surface area contributed by atoms with Gasteiger partial charge in [0.2, 0.25) is 0 Å². The summed E-state index contributed by atoms with van der Waals surface area (Å²) in [4.78, 5) is 4.31. The number of nitrogens with zero attached hydrogens (tertiary/aromatic N) is 3. The number of hydrogen-bond donors (Lipinski definition) is 1. The third-order valence-electron chi connectivity index (χ3n) is 4.82. The number of thiol groups is 1. The van der Waals surface area contributed by atoms with E-state index in [0.717, 1.165) is 18.5 Å². The van der Waals surface area contributed by atoms with Crippen LogP contribution in [0.3, 0.4) is 0 Å². The van der Waals surface area contributed by atoms with Gasteiger partial charge in [0, 0.05) is 34.4 Å². The number of pyridine rings is 1. The molecule has 126 valence electrons. The van der Waals surface area contributed by atoms with Crippen LogP contribution in [0, 0.1) is 13.8 Å². The maximum Gasteiger partial charge on any atom is 0.0535 e. The molecule has 0 saturated carbocycles. The predicted molar refractivity (Wildman–Crippen MR) is 100 cm³/mol. The predicted octanol–water partition coefficient (Wildman–Crippen LogP) is 5.20. The summed E-state index contributed by atoms with van der Waals surface area (Å²) in [7, 11) is 0. The number of hydrogen-bond acceptors (Lipinski definition) is 3. The minimum Gasteiger partial charge on any atom is -0.267 e. The second-order valence-corrected chi connectivity index (χ2v) is 8.04. The molecule has 2 heterocycles. The van der Waals surface area contributed by atoms with Crippen molar-refractivity contribution in [1.29, 1.82) is 0 Å². The summed E-state index contributed by atoms with van der Waals surface area (Å²) in [6.07, 6.45) is 6.08. The summed E-state index contributed by atoms with van der Waals surface area (Å²) < 4.78 is 2.15. The molecular formula is C19H29N3S. The smallest absolute Gasteiger partial charge is 0.0535 e. The maximum atomic E-state index is 4.58. The second-order valence-electron chi connectivity index (χ2n) is 7.26. The fraction of sp³-hybridized carbons (Fsp3) is 0.579. The summed E-state index contributed by atoms with van der Waals surface area (Å²) in [6, 6.07) is 4.72. The molecule has 2 aromatic rings. The van der Waals surface area contributed by atoms with Crippen LogP contribution >= 0.6 is 12.6 Å². The first-order valence-corrected chi connectivity index (χ1v) is 8.89. The maximum absolute atomic E-state index is 4.58. The van der Waals surface area contributed by atoms with Crippen molar-refractivity contribution in [2.75, 3.05) is 0 Å². The molecule has 3 nitrogen and oxygen atoms in total. The normalized spacial score (nSPS) is 14.7. The Bertz CT molecular complexity index is 658. The van der Waals surface area contributed by atoms with Gasteiger partial charge in [-0.05, 0) is 63.6 Å². The highest BCUT2D eigenvalue weighted by molar-refractivity contribution is 7.80. The average molecular weight is 332 g/mol. The van der Waals surface area contributed by atoms with E-state index < -0.39 is 0 Å². The van der Waals surface area contributed by atoms with Gasteiger partial charge in [-0.2, -0.15) is 17.7 Å². The number of aromatic nitrogens is 3. The molecule has 0 aliphatic heterocycles. The van der Waals surface area contributed by atoms with E-state index in [0.29, 0.717) is 6.04 Å². The Hall–Kier alpha value is -1.29. The molecule has 0 radical (unpaired) electrons. The van der Waals surface area contributed by atoms with Crippen LogP contribution in [0.2, 0.25) is 0 Å². The quantitative estimate of drug-likeness (QED) is 0.737. The van der Waals surface area contributed by atoms with Crippen LogP contribution < -0.4 is 0 Å². The molecule has 0 aliphatic carbocycles. The van der Waals surface area contributed by atoms with Gasteiger partial charge in [-0.25, -0.2) is 0 Å². The molecule has 0 amide bonds. The van der Waals surface area contributed by atoms with Crippen LogP contribution in [0.15, 0.2) is 24.5 Å². The Morgan fingerprint density at radius 1 is 1.26 bits per heavy atom. The van der Waals surface area contributed by atoms with Crippen LogP contribution in [-0.2, 0) is 5.41 Å². The fourth-order valence-electron chi connectivity index (χ4n) is 3.09. The van der Waals surface area contributed by atoms with Crippen molar-refractivity contribution in [2.24, 2.45) is 0 Å². The van der Waals surface area contributed by atoms with Gasteiger partial charge < -0.3 is 0 Å². The zero-order chi connectivity index (χ0) is 17.2. The van der Waals surface area contributed by atoms with Crippen molar-refractivity contribution in [1.82, 2.24) is 14.8 Å². The van der Waals surface area contributed by atoms with Crippen LogP contribution in [0.5, 0.6) is 0 Å². The lowest BCUT2D eigenvalue weighted by atomic mass is 9.80. The molecule has 0 fully saturated rings. The monoisotopic (exact) mass is 331 g/mol. The summed E-state index contributed by atoms with van der Waals surface area (Å²) in [6.45, 7) is 13.2. The van der Waals surface area contributed by atoms with Gasteiger partial charge in [-0.3, -0.25) is 9.67 Å². The van der Waals surface area contributed by atoms with Crippen molar-refractivity contribution in [2.45, 2.75) is 71.1 Å². The van der Waals surface area contributed by atoms with E-state index in [1.807, 2.05) is 12.4 Å². The fourth-order valence-corrected chi connectivity index (χ4v) is 3.35. The van der Waals surface area contributed by atoms with Crippen molar-refractivity contribution in [3.8, 4) is 0 Å². The minimum atomic E-state index is 0.142. The average Bonchev–Trinajstić information content (AvgIpc) is 2.87. The minimum absolute atomic E-state index is 0.142. The summed E-state index contributed by atoms with van der Waals surface area (Å²) >= 11 is 4.54. The van der Waals surface area contributed by atoms with Gasteiger partial charge in [0.15, 0.2) is 0 Å². The Balaban J connectivity index is 2.08. The molecular weight excluding hydrogens is 302 g/mol. The summed E-state index contributed by atoms with van der Waals surface area (Å²) in [5.41, 5.74) is 5.04. The molecule has 2 atom stereocenters. The van der Waals surface area contributed by atoms with Gasteiger partial charge in [-0.15, -0.1) is 0 Å². The number of aryl methyl sites for hydroxylation is 1. The zero-order valence-electron chi connectivity index (χ0n) is 15.2. The van der Waals surface area contributed by atoms with E-state index in [2.05, 4.69) is 81.1 Å². The van der Waals surface area contributed by atoms with Gasteiger partial charge in [0.1, 0.15) is 0 Å². The van der Waals surface area contributed by atoms with Crippen LogP contribution in [0.25, 0.3) is 0 Å². The highest BCUT2D eigenvalue weighted by atomic mass is 32.1. The highest BCUT2D eigenvalue weighted by Crippen LogP contribution is 2.32. The van der Waals surface area contributed by atoms with E-state index in [-0.39, 0.29) is 10.7 Å². The first kappa shape index (κ1) is 18.1. The van der Waals surface area contributed by atoms with E-state index in [1.165, 1.54) is 16.8 Å². The first-order chi connectivity index (χ1) is 10.7. The summed E-state index contributed by atoms with van der Waals surface area (Å²) in [5.74, 6) is 0. The lowest BCUT2D eigenvalue weighted by molar-refractivity contribution is 0.372. The van der Waals surface area contributed by atoms with Crippen LogP contribution in [0.1, 0.15) is 74.3 Å². The van der Waals surface area contributed by atoms with Gasteiger partial charge >= 0.3 is 0 Å². The SMILES string of the molecule is Cc1cc(C(C)(C)CCC(C)n2ncc(C(C)S)c2C)ccn1. The molecule has 0 aliphatic rings. The molecule has 0 bridgehead atoms. The van der Waals surface area contributed by atoms with Crippen LogP contribution in [-0.4, -0.2) is 14.8 Å². The molecule has 2 rings (SSSR count). The van der Waals surface area contributed by atoms with Gasteiger partial charge in [0.25, 0.3) is 0 Å². The van der Waals surface area contributed by atoms with Crippen molar-refractivity contribution in [3.63, 3.8) is 0 Å². The molecule has 0 aromatic carbocycles. The van der Waals surface area contributed by atoms with E-state index >= 15 is 0 Å². The van der Waals surface area contributed by atoms with Crippen molar-refractivity contribution in [3.05, 3.63) is 47.0 Å². The lowest BCUT2D eigenvalue weighted by Crippen LogP contribution is -2.20. The molecule has 2 aromatic heterocycles. The van der Waals surface area contributed by atoms with Crippen molar-refractivity contribution >= 4 is 12.6 Å². The Kier molecular flexibility index (Phi) is 5.56. The Morgan fingerprint density at radius 3 is 2.52 bits per heavy atom. The molecule has 23 heavy (non-hydrogen) atoms. The Morgan fingerprint density at radius 2 is 1.96 bits per heavy atom. The van der Waals surface area contributed by atoms with E-state index in [1.54, 1.807) is 0 Å². The second kappa shape index (κ2) is 7.08. The van der Waals surface area contributed by atoms with E-state index in [9.17, 15) is 0 Å². The number of rotatable bonds is 6. The largest absolute Gasteiger partial charge is 0.267 e. The van der Waals surface area contributed by atoms with Gasteiger partial charge in [0.05, 0.1) is 6.20 Å². The third kappa shape index (κ3) is 4.17. The highest BCUT2D eigenvalue weighted by Gasteiger charge is 2.23.